The lowest BCUT2D eigenvalue weighted by Crippen LogP contribution is -2.28. The quantitative estimate of drug-likeness (QED) is 0.811. The summed E-state index contributed by atoms with van der Waals surface area (Å²) in [7, 11) is 0. The minimum absolute atomic E-state index is 0.0143. The highest BCUT2D eigenvalue weighted by Crippen LogP contribution is 2.25. The Labute approximate surface area is 137 Å². The topological polar surface area (TPSA) is 42.0 Å². The molecule has 0 saturated heterocycles. The van der Waals surface area contributed by atoms with Crippen LogP contribution in [0.15, 0.2) is 52.0 Å². The average molecular weight is 365 g/mol. The van der Waals surface area contributed by atoms with Gasteiger partial charge >= 0.3 is 0 Å². The van der Waals surface area contributed by atoms with E-state index in [0.29, 0.717) is 5.75 Å². The summed E-state index contributed by atoms with van der Waals surface area (Å²) in [5.41, 5.74) is 2.04. The number of thioether (sulfide) groups is 1. The second kappa shape index (κ2) is 7.61. The molecule has 3 nitrogen and oxygen atoms in total. The van der Waals surface area contributed by atoms with Crippen LogP contribution in [0, 0.1) is 6.92 Å². The van der Waals surface area contributed by atoms with Gasteiger partial charge in [-0.05, 0) is 49.7 Å². The molecule has 1 heterocycles. The van der Waals surface area contributed by atoms with E-state index in [2.05, 4.69) is 32.3 Å². The lowest BCUT2D eigenvalue weighted by atomic mass is 10.2. The Bertz CT molecular complexity index is 619. The van der Waals surface area contributed by atoms with Gasteiger partial charge in [-0.15, -0.1) is 11.8 Å². The molecular weight excluding hydrogens is 348 g/mol. The van der Waals surface area contributed by atoms with Crippen molar-refractivity contribution in [3.05, 3.63) is 58.3 Å². The van der Waals surface area contributed by atoms with Crippen molar-refractivity contribution in [1.29, 1.82) is 0 Å². The third kappa shape index (κ3) is 4.86. The van der Waals surface area contributed by atoms with Crippen LogP contribution in [-0.2, 0) is 4.79 Å². The summed E-state index contributed by atoms with van der Waals surface area (Å²) in [6.07, 6.45) is 1.73. The first-order chi connectivity index (χ1) is 10.1. The standard InChI is InChI=1S/C16H17BrN2OS/c1-11-9-13(17)6-7-15(11)21-10-16(20)19-12(2)14-5-3-4-8-18-14/h3-9,12H,10H2,1-2H3,(H,19,20). The van der Waals surface area contributed by atoms with Gasteiger partial charge in [0.2, 0.25) is 5.91 Å². The third-order valence-electron chi connectivity index (χ3n) is 3.00. The maximum absolute atomic E-state index is 12.0. The highest BCUT2D eigenvalue weighted by atomic mass is 79.9. The number of hydrogen-bond donors (Lipinski definition) is 1. The summed E-state index contributed by atoms with van der Waals surface area (Å²) in [6.45, 7) is 3.98. The second-order valence-corrected chi connectivity index (χ2v) is 6.68. The number of aromatic nitrogens is 1. The fourth-order valence-corrected chi connectivity index (χ4v) is 3.20. The smallest absolute Gasteiger partial charge is 0.230 e. The number of amides is 1. The highest BCUT2D eigenvalue weighted by molar-refractivity contribution is 9.10. The molecule has 2 aromatic rings. The van der Waals surface area contributed by atoms with Gasteiger partial charge in [-0.1, -0.05) is 22.0 Å². The molecular formula is C16H17BrN2OS. The number of benzene rings is 1. The summed E-state index contributed by atoms with van der Waals surface area (Å²) in [5, 5.41) is 2.97. The number of hydrogen-bond acceptors (Lipinski definition) is 3. The van der Waals surface area contributed by atoms with E-state index in [1.165, 1.54) is 5.56 Å². The molecule has 5 heteroatoms. The predicted molar refractivity (Wildman–Crippen MR) is 90.4 cm³/mol. The maximum Gasteiger partial charge on any atom is 0.230 e. The van der Waals surface area contributed by atoms with Crippen molar-refractivity contribution in [3.8, 4) is 0 Å². The van der Waals surface area contributed by atoms with Gasteiger partial charge < -0.3 is 5.32 Å². The Balaban J connectivity index is 1.87. The first-order valence-corrected chi connectivity index (χ1v) is 8.43. The number of halogens is 1. The van der Waals surface area contributed by atoms with Crippen LogP contribution in [0.1, 0.15) is 24.2 Å². The SMILES string of the molecule is Cc1cc(Br)ccc1SCC(=O)NC(C)c1ccccn1. The summed E-state index contributed by atoms with van der Waals surface area (Å²) >= 11 is 4.99. The van der Waals surface area contributed by atoms with Crippen molar-refractivity contribution in [3.63, 3.8) is 0 Å². The number of rotatable bonds is 5. The molecule has 0 bridgehead atoms. The van der Waals surface area contributed by atoms with Crippen LogP contribution in [0.5, 0.6) is 0 Å². The third-order valence-corrected chi connectivity index (χ3v) is 4.67. The summed E-state index contributed by atoms with van der Waals surface area (Å²) in [5.74, 6) is 0.417. The minimum Gasteiger partial charge on any atom is -0.347 e. The van der Waals surface area contributed by atoms with E-state index in [0.717, 1.165) is 15.1 Å². The molecule has 0 radical (unpaired) electrons. The Morgan fingerprint density at radius 1 is 1.38 bits per heavy atom. The molecule has 0 saturated carbocycles. The molecule has 1 aromatic carbocycles. The van der Waals surface area contributed by atoms with E-state index in [-0.39, 0.29) is 11.9 Å². The molecule has 0 aliphatic carbocycles. The molecule has 2 rings (SSSR count). The van der Waals surface area contributed by atoms with Crippen molar-refractivity contribution in [1.82, 2.24) is 10.3 Å². The molecule has 0 aliphatic heterocycles. The van der Waals surface area contributed by atoms with Crippen LogP contribution < -0.4 is 5.32 Å². The van der Waals surface area contributed by atoms with Crippen LogP contribution in [0.25, 0.3) is 0 Å². The van der Waals surface area contributed by atoms with Crippen molar-refractivity contribution in [2.24, 2.45) is 0 Å². The van der Waals surface area contributed by atoms with Crippen molar-refractivity contribution < 1.29 is 4.79 Å². The van der Waals surface area contributed by atoms with Gasteiger partial charge in [0.15, 0.2) is 0 Å². The predicted octanol–water partition coefficient (Wildman–Crippen LogP) is 4.12. The first kappa shape index (κ1) is 16.0. The molecule has 1 N–H and O–H groups in total. The Morgan fingerprint density at radius 2 is 2.19 bits per heavy atom. The van der Waals surface area contributed by atoms with Crippen LogP contribution in [-0.4, -0.2) is 16.6 Å². The van der Waals surface area contributed by atoms with Crippen LogP contribution in [0.4, 0.5) is 0 Å². The van der Waals surface area contributed by atoms with Crippen LogP contribution >= 0.6 is 27.7 Å². The number of pyridine rings is 1. The first-order valence-electron chi connectivity index (χ1n) is 6.65. The summed E-state index contributed by atoms with van der Waals surface area (Å²) < 4.78 is 1.05. The minimum atomic E-state index is -0.0784. The van der Waals surface area contributed by atoms with Crippen LogP contribution in [0.3, 0.4) is 0 Å². The van der Waals surface area contributed by atoms with Gasteiger partial charge in [0, 0.05) is 15.6 Å². The van der Waals surface area contributed by atoms with E-state index in [1.807, 2.05) is 44.2 Å². The van der Waals surface area contributed by atoms with Gasteiger partial charge in [-0.2, -0.15) is 0 Å². The monoisotopic (exact) mass is 364 g/mol. The molecule has 1 amide bonds. The van der Waals surface area contributed by atoms with E-state index in [9.17, 15) is 4.79 Å². The average Bonchev–Trinajstić information content (AvgIpc) is 2.47. The molecule has 0 fully saturated rings. The fraction of sp³-hybridized carbons (Fsp3) is 0.250. The lowest BCUT2D eigenvalue weighted by molar-refractivity contribution is -0.119. The van der Waals surface area contributed by atoms with Gasteiger partial charge in [0.1, 0.15) is 0 Å². The molecule has 1 aromatic heterocycles. The van der Waals surface area contributed by atoms with Gasteiger partial charge in [0.05, 0.1) is 17.5 Å². The number of nitrogens with zero attached hydrogens (tertiary/aromatic N) is 1. The number of aryl methyl sites for hydroxylation is 1. The zero-order chi connectivity index (χ0) is 15.2. The highest BCUT2D eigenvalue weighted by Gasteiger charge is 2.11. The fourth-order valence-electron chi connectivity index (χ4n) is 1.91. The van der Waals surface area contributed by atoms with Crippen molar-refractivity contribution in [2.75, 3.05) is 5.75 Å². The van der Waals surface area contributed by atoms with E-state index in [1.54, 1.807) is 18.0 Å². The van der Waals surface area contributed by atoms with E-state index in [4.69, 9.17) is 0 Å². The van der Waals surface area contributed by atoms with Crippen molar-refractivity contribution in [2.45, 2.75) is 24.8 Å². The molecule has 110 valence electrons. The molecule has 1 unspecified atom stereocenters. The number of carbonyl (C=O) groups excluding carboxylic acids is 1. The second-order valence-electron chi connectivity index (χ2n) is 4.74. The molecule has 1 atom stereocenters. The normalized spacial score (nSPS) is 12.0. The van der Waals surface area contributed by atoms with E-state index >= 15 is 0 Å². The zero-order valence-electron chi connectivity index (χ0n) is 12.0. The van der Waals surface area contributed by atoms with Gasteiger partial charge in [-0.3, -0.25) is 9.78 Å². The van der Waals surface area contributed by atoms with Gasteiger partial charge in [-0.25, -0.2) is 0 Å². The van der Waals surface area contributed by atoms with Gasteiger partial charge in [0.25, 0.3) is 0 Å². The summed E-state index contributed by atoms with van der Waals surface area (Å²) in [4.78, 5) is 17.4. The Hall–Kier alpha value is -1.33. The largest absolute Gasteiger partial charge is 0.347 e. The van der Waals surface area contributed by atoms with E-state index < -0.39 is 0 Å². The van der Waals surface area contributed by atoms with Crippen LogP contribution in [0.2, 0.25) is 0 Å². The molecule has 0 aliphatic rings. The lowest BCUT2D eigenvalue weighted by Gasteiger charge is -2.13. The summed E-state index contributed by atoms with van der Waals surface area (Å²) in [6, 6.07) is 11.7. The Kier molecular flexibility index (Phi) is 5.82. The number of carbonyl (C=O) groups is 1. The zero-order valence-corrected chi connectivity index (χ0v) is 14.4. The molecule has 0 spiro atoms. The maximum atomic E-state index is 12.0. The number of nitrogens with one attached hydrogen (secondary N) is 1. The van der Waals surface area contributed by atoms with Crippen molar-refractivity contribution >= 4 is 33.6 Å². The Morgan fingerprint density at radius 3 is 2.86 bits per heavy atom. The molecule has 21 heavy (non-hydrogen) atoms.